The summed E-state index contributed by atoms with van der Waals surface area (Å²) in [5, 5.41) is 10.7. The monoisotopic (exact) mass is 305 g/mol. The van der Waals surface area contributed by atoms with Crippen LogP contribution in [0, 0.1) is 15.9 Å². The van der Waals surface area contributed by atoms with Crippen molar-refractivity contribution in [2.75, 3.05) is 7.11 Å². The van der Waals surface area contributed by atoms with E-state index in [-0.39, 0.29) is 29.2 Å². The molecule has 0 atom stereocenters. The molecule has 2 rings (SSSR count). The second-order valence-corrected chi connectivity index (χ2v) is 4.33. The smallest absolute Gasteiger partial charge is 0.315 e. The lowest BCUT2D eigenvalue weighted by Crippen LogP contribution is -2.13. The number of esters is 1. The standard InChI is InChI=1S/C15H12FNO5/c1-21-13-7-6-11(17(19)20)9-14(13)22-15(18)8-10-4-2-3-5-12(10)16/h2-7,9H,8H2,1H3. The number of hydrogen-bond acceptors (Lipinski definition) is 5. The molecule has 22 heavy (non-hydrogen) atoms. The van der Waals surface area contributed by atoms with E-state index in [9.17, 15) is 19.3 Å². The molecular weight excluding hydrogens is 293 g/mol. The Bertz CT molecular complexity index is 717. The highest BCUT2D eigenvalue weighted by atomic mass is 19.1. The number of rotatable bonds is 5. The molecule has 0 aliphatic carbocycles. The first kappa shape index (κ1) is 15.4. The number of non-ortho nitro benzene ring substituents is 1. The normalized spacial score (nSPS) is 10.1. The van der Waals surface area contributed by atoms with Crippen LogP contribution in [-0.2, 0) is 11.2 Å². The fourth-order valence-corrected chi connectivity index (χ4v) is 1.81. The summed E-state index contributed by atoms with van der Waals surface area (Å²) in [7, 11) is 1.34. The first-order valence-electron chi connectivity index (χ1n) is 6.27. The molecule has 114 valence electrons. The summed E-state index contributed by atoms with van der Waals surface area (Å²) >= 11 is 0. The van der Waals surface area contributed by atoms with Crippen molar-refractivity contribution in [2.45, 2.75) is 6.42 Å². The number of halogens is 1. The fraction of sp³-hybridized carbons (Fsp3) is 0.133. The van der Waals surface area contributed by atoms with Crippen LogP contribution in [0.3, 0.4) is 0 Å². The van der Waals surface area contributed by atoms with Gasteiger partial charge in [-0.3, -0.25) is 14.9 Å². The zero-order valence-electron chi connectivity index (χ0n) is 11.6. The van der Waals surface area contributed by atoms with Gasteiger partial charge in [0.1, 0.15) is 5.82 Å². The highest BCUT2D eigenvalue weighted by Gasteiger charge is 2.16. The van der Waals surface area contributed by atoms with Gasteiger partial charge < -0.3 is 9.47 Å². The van der Waals surface area contributed by atoms with Gasteiger partial charge in [-0.15, -0.1) is 0 Å². The van der Waals surface area contributed by atoms with Gasteiger partial charge in [0.15, 0.2) is 11.5 Å². The van der Waals surface area contributed by atoms with Crippen molar-refractivity contribution in [3.63, 3.8) is 0 Å². The van der Waals surface area contributed by atoms with Gasteiger partial charge >= 0.3 is 5.97 Å². The van der Waals surface area contributed by atoms with E-state index in [1.807, 2.05) is 0 Å². The predicted molar refractivity (Wildman–Crippen MR) is 75.4 cm³/mol. The molecule has 0 N–H and O–H groups in total. The topological polar surface area (TPSA) is 78.7 Å². The molecule has 6 nitrogen and oxygen atoms in total. The number of nitrogens with zero attached hydrogens (tertiary/aromatic N) is 1. The van der Waals surface area contributed by atoms with Crippen LogP contribution in [-0.4, -0.2) is 18.0 Å². The van der Waals surface area contributed by atoms with Crippen molar-refractivity contribution >= 4 is 11.7 Å². The summed E-state index contributed by atoms with van der Waals surface area (Å²) < 4.78 is 23.5. The summed E-state index contributed by atoms with van der Waals surface area (Å²) in [6.07, 6.45) is -0.293. The maximum atomic E-state index is 13.5. The molecule has 0 aromatic heterocycles. The Morgan fingerprint density at radius 1 is 1.23 bits per heavy atom. The summed E-state index contributed by atoms with van der Waals surface area (Å²) in [6.45, 7) is 0. The number of hydrogen-bond donors (Lipinski definition) is 0. The van der Waals surface area contributed by atoms with Crippen LogP contribution in [0.1, 0.15) is 5.56 Å². The number of methoxy groups -OCH3 is 1. The molecular formula is C15H12FNO5. The minimum atomic E-state index is -0.746. The number of nitro groups is 1. The van der Waals surface area contributed by atoms with E-state index in [1.54, 1.807) is 6.07 Å². The molecule has 0 aliphatic rings. The van der Waals surface area contributed by atoms with Gasteiger partial charge in [0.25, 0.3) is 5.69 Å². The molecule has 0 radical (unpaired) electrons. The number of carbonyl (C=O) groups is 1. The van der Waals surface area contributed by atoms with E-state index in [2.05, 4.69) is 0 Å². The van der Waals surface area contributed by atoms with E-state index in [0.717, 1.165) is 6.07 Å². The molecule has 7 heteroatoms. The van der Waals surface area contributed by atoms with Crippen molar-refractivity contribution in [3.05, 3.63) is 64.0 Å². The van der Waals surface area contributed by atoms with Crippen molar-refractivity contribution in [1.29, 1.82) is 0 Å². The molecule has 0 bridgehead atoms. The van der Waals surface area contributed by atoms with Crippen molar-refractivity contribution in [3.8, 4) is 11.5 Å². The molecule has 0 fully saturated rings. The Hall–Kier alpha value is -2.96. The highest BCUT2D eigenvalue weighted by Crippen LogP contribution is 2.31. The molecule has 0 saturated heterocycles. The molecule has 0 unspecified atom stereocenters. The maximum absolute atomic E-state index is 13.5. The summed E-state index contributed by atoms with van der Waals surface area (Å²) in [5.41, 5.74) is -0.0635. The average Bonchev–Trinajstić information content (AvgIpc) is 2.49. The van der Waals surface area contributed by atoms with Crippen LogP contribution in [0.4, 0.5) is 10.1 Å². The molecule has 0 spiro atoms. The Morgan fingerprint density at radius 2 is 1.95 bits per heavy atom. The third kappa shape index (κ3) is 3.57. The largest absolute Gasteiger partial charge is 0.493 e. The van der Waals surface area contributed by atoms with Gasteiger partial charge in [-0.1, -0.05) is 18.2 Å². The summed E-state index contributed by atoms with van der Waals surface area (Å²) in [5.74, 6) is -1.18. The highest BCUT2D eigenvalue weighted by molar-refractivity contribution is 5.76. The van der Waals surface area contributed by atoms with E-state index in [4.69, 9.17) is 9.47 Å². The first-order valence-corrected chi connectivity index (χ1v) is 6.27. The lowest BCUT2D eigenvalue weighted by molar-refractivity contribution is -0.384. The van der Waals surface area contributed by atoms with Crippen molar-refractivity contribution in [2.24, 2.45) is 0 Å². The van der Waals surface area contributed by atoms with Crippen LogP contribution in [0.2, 0.25) is 0 Å². The van der Waals surface area contributed by atoms with Gasteiger partial charge in [0.2, 0.25) is 0 Å². The Labute approximate surface area is 125 Å². The Kier molecular flexibility index (Phi) is 4.67. The number of nitro benzene ring substituents is 1. The SMILES string of the molecule is COc1ccc([N+](=O)[O-])cc1OC(=O)Cc1ccccc1F. The van der Waals surface area contributed by atoms with Gasteiger partial charge in [-0.2, -0.15) is 0 Å². The minimum absolute atomic E-state index is 0.0851. The van der Waals surface area contributed by atoms with Crippen molar-refractivity contribution < 1.29 is 23.6 Å². The molecule has 2 aromatic carbocycles. The third-order valence-electron chi connectivity index (χ3n) is 2.87. The predicted octanol–water partition coefficient (Wildman–Crippen LogP) is 2.89. The number of carbonyl (C=O) groups excluding carboxylic acids is 1. The Morgan fingerprint density at radius 3 is 2.59 bits per heavy atom. The minimum Gasteiger partial charge on any atom is -0.493 e. The lowest BCUT2D eigenvalue weighted by atomic mass is 10.1. The van der Waals surface area contributed by atoms with E-state index < -0.39 is 16.7 Å². The summed E-state index contributed by atoms with van der Waals surface area (Å²) in [6, 6.07) is 9.43. The van der Waals surface area contributed by atoms with Crippen LogP contribution in [0.5, 0.6) is 11.5 Å². The second kappa shape index (κ2) is 6.66. The van der Waals surface area contributed by atoms with Gasteiger partial charge in [-0.25, -0.2) is 4.39 Å². The quantitative estimate of drug-likeness (QED) is 0.367. The lowest BCUT2D eigenvalue weighted by Gasteiger charge is -2.09. The molecule has 0 aliphatic heterocycles. The second-order valence-electron chi connectivity index (χ2n) is 4.33. The van der Waals surface area contributed by atoms with Crippen LogP contribution >= 0.6 is 0 Å². The number of benzene rings is 2. The molecule has 0 heterocycles. The summed E-state index contributed by atoms with van der Waals surface area (Å²) in [4.78, 5) is 22.0. The maximum Gasteiger partial charge on any atom is 0.315 e. The first-order chi connectivity index (χ1) is 10.5. The average molecular weight is 305 g/mol. The third-order valence-corrected chi connectivity index (χ3v) is 2.87. The van der Waals surface area contributed by atoms with Gasteiger partial charge in [0, 0.05) is 6.07 Å². The van der Waals surface area contributed by atoms with Crippen LogP contribution < -0.4 is 9.47 Å². The van der Waals surface area contributed by atoms with Crippen LogP contribution in [0.25, 0.3) is 0 Å². The molecule has 0 saturated carbocycles. The van der Waals surface area contributed by atoms with Crippen molar-refractivity contribution in [1.82, 2.24) is 0 Å². The van der Waals surface area contributed by atoms with E-state index in [0.29, 0.717) is 0 Å². The van der Waals surface area contributed by atoms with Crippen LogP contribution in [0.15, 0.2) is 42.5 Å². The molecule has 0 amide bonds. The van der Waals surface area contributed by atoms with Gasteiger partial charge in [0.05, 0.1) is 24.5 Å². The Balaban J connectivity index is 2.19. The zero-order valence-corrected chi connectivity index (χ0v) is 11.6. The number of ether oxygens (including phenoxy) is 2. The fourth-order valence-electron chi connectivity index (χ4n) is 1.81. The molecule has 2 aromatic rings. The van der Waals surface area contributed by atoms with E-state index >= 15 is 0 Å². The van der Waals surface area contributed by atoms with Gasteiger partial charge in [-0.05, 0) is 17.7 Å². The van der Waals surface area contributed by atoms with E-state index in [1.165, 1.54) is 37.4 Å². The zero-order chi connectivity index (χ0) is 16.1.